The molecule has 0 aliphatic carbocycles. The van der Waals surface area contributed by atoms with Crippen molar-refractivity contribution in [2.24, 2.45) is 0 Å². The normalized spacial score (nSPS) is 14.5. The predicted molar refractivity (Wildman–Crippen MR) is 82.0 cm³/mol. The van der Waals surface area contributed by atoms with Gasteiger partial charge in [0.25, 0.3) is 0 Å². The summed E-state index contributed by atoms with van der Waals surface area (Å²) in [7, 11) is 0. The maximum Gasteiger partial charge on any atom is 0.204 e. The number of benzene rings is 1. The van der Waals surface area contributed by atoms with E-state index in [9.17, 15) is 0 Å². The van der Waals surface area contributed by atoms with Crippen LogP contribution in [0.1, 0.15) is 23.4 Å². The molecule has 106 valence electrons. The van der Waals surface area contributed by atoms with Crippen LogP contribution in [0.5, 0.6) is 0 Å². The van der Waals surface area contributed by atoms with Gasteiger partial charge in [-0.1, -0.05) is 17.7 Å². The minimum absolute atomic E-state index is 0.823. The number of hydrogen-bond acceptors (Lipinski definition) is 4. The molecule has 5 nitrogen and oxygen atoms in total. The molecule has 0 saturated heterocycles. The Morgan fingerprint density at radius 3 is 2.95 bits per heavy atom. The van der Waals surface area contributed by atoms with Gasteiger partial charge in [-0.3, -0.25) is 4.40 Å². The van der Waals surface area contributed by atoms with Crippen molar-refractivity contribution < 1.29 is 0 Å². The second-order valence-electron chi connectivity index (χ2n) is 5.58. The molecule has 4 rings (SSSR count). The van der Waals surface area contributed by atoms with Crippen molar-refractivity contribution in [2.75, 3.05) is 11.4 Å². The van der Waals surface area contributed by atoms with Crippen LogP contribution in [-0.4, -0.2) is 26.1 Å². The van der Waals surface area contributed by atoms with Crippen LogP contribution in [0, 0.1) is 13.8 Å². The molecule has 3 aromatic rings. The molecule has 0 radical (unpaired) electrons. The van der Waals surface area contributed by atoms with Crippen LogP contribution in [-0.2, 0) is 6.42 Å². The highest BCUT2D eigenvalue weighted by Gasteiger charge is 2.22. The van der Waals surface area contributed by atoms with Crippen LogP contribution in [0.4, 0.5) is 11.5 Å². The van der Waals surface area contributed by atoms with Gasteiger partial charge in [-0.2, -0.15) is 0 Å². The first-order valence-electron chi connectivity index (χ1n) is 7.27. The zero-order valence-corrected chi connectivity index (χ0v) is 12.2. The molecule has 2 aromatic heterocycles. The van der Waals surface area contributed by atoms with Crippen LogP contribution in [0.25, 0.3) is 5.65 Å². The summed E-state index contributed by atoms with van der Waals surface area (Å²) in [6.45, 7) is 5.06. The van der Waals surface area contributed by atoms with Gasteiger partial charge in [0.05, 0.1) is 0 Å². The third-order valence-corrected chi connectivity index (χ3v) is 4.09. The Hall–Kier alpha value is -2.43. The van der Waals surface area contributed by atoms with E-state index in [1.54, 1.807) is 0 Å². The van der Waals surface area contributed by atoms with Gasteiger partial charge < -0.3 is 4.90 Å². The van der Waals surface area contributed by atoms with E-state index in [0.29, 0.717) is 0 Å². The molecule has 21 heavy (non-hydrogen) atoms. The molecule has 1 aromatic carbocycles. The van der Waals surface area contributed by atoms with Gasteiger partial charge in [0.1, 0.15) is 5.82 Å². The van der Waals surface area contributed by atoms with Gasteiger partial charge in [-0.15, -0.1) is 10.2 Å². The van der Waals surface area contributed by atoms with Crippen LogP contribution in [0.3, 0.4) is 0 Å². The van der Waals surface area contributed by atoms with E-state index in [1.165, 1.54) is 16.8 Å². The third kappa shape index (κ3) is 1.88. The number of hydrogen-bond donors (Lipinski definition) is 0. The molecule has 0 atom stereocenters. The monoisotopic (exact) mass is 279 g/mol. The summed E-state index contributed by atoms with van der Waals surface area (Å²) in [4.78, 5) is 6.83. The average molecular weight is 279 g/mol. The van der Waals surface area contributed by atoms with E-state index in [2.05, 4.69) is 45.2 Å². The van der Waals surface area contributed by atoms with Gasteiger partial charge in [0.15, 0.2) is 5.82 Å². The first kappa shape index (κ1) is 12.3. The van der Waals surface area contributed by atoms with Crippen LogP contribution in [0.15, 0.2) is 30.6 Å². The van der Waals surface area contributed by atoms with Crippen molar-refractivity contribution in [2.45, 2.75) is 26.7 Å². The molecule has 3 heterocycles. The molecule has 1 aliphatic heterocycles. The fourth-order valence-electron chi connectivity index (χ4n) is 3.06. The lowest BCUT2D eigenvalue weighted by atomic mass is 9.99. The van der Waals surface area contributed by atoms with E-state index < -0.39 is 0 Å². The van der Waals surface area contributed by atoms with Crippen LogP contribution in [0.2, 0.25) is 0 Å². The average Bonchev–Trinajstić information content (AvgIpc) is 2.88. The molecule has 5 heteroatoms. The molecule has 0 spiro atoms. The molecule has 1 aliphatic rings. The van der Waals surface area contributed by atoms with Gasteiger partial charge in [0.2, 0.25) is 5.65 Å². The summed E-state index contributed by atoms with van der Waals surface area (Å²) in [6.07, 6.45) is 5.99. The predicted octanol–water partition coefficient (Wildman–Crippen LogP) is 2.83. The fourth-order valence-corrected chi connectivity index (χ4v) is 3.06. The maximum atomic E-state index is 4.57. The lowest BCUT2D eigenvalue weighted by Crippen LogP contribution is -2.26. The number of fused-ring (bicyclic) bond motifs is 2. The molecule has 0 saturated carbocycles. The number of anilines is 2. The van der Waals surface area contributed by atoms with Crippen LogP contribution < -0.4 is 4.90 Å². The van der Waals surface area contributed by atoms with Crippen molar-refractivity contribution in [3.63, 3.8) is 0 Å². The van der Waals surface area contributed by atoms with Gasteiger partial charge >= 0.3 is 0 Å². The number of aromatic nitrogens is 4. The van der Waals surface area contributed by atoms with E-state index in [-0.39, 0.29) is 0 Å². The lowest BCUT2D eigenvalue weighted by molar-refractivity contribution is 0.758. The second kappa shape index (κ2) is 4.55. The first-order valence-corrected chi connectivity index (χ1v) is 7.27. The Bertz CT molecular complexity index is 821. The topological polar surface area (TPSA) is 46.3 Å². The minimum Gasteiger partial charge on any atom is -0.323 e. The maximum absolute atomic E-state index is 4.57. The summed E-state index contributed by atoms with van der Waals surface area (Å²) in [6, 6.07) is 6.63. The summed E-state index contributed by atoms with van der Waals surface area (Å²) >= 11 is 0. The van der Waals surface area contributed by atoms with Crippen molar-refractivity contribution in [3.8, 4) is 0 Å². The molecule has 0 N–H and O–H groups in total. The van der Waals surface area contributed by atoms with E-state index in [4.69, 9.17) is 0 Å². The Morgan fingerprint density at radius 2 is 2.05 bits per heavy atom. The Morgan fingerprint density at radius 1 is 1.14 bits per heavy atom. The molecular formula is C16H17N5. The summed E-state index contributed by atoms with van der Waals surface area (Å²) in [5, 5.41) is 8.46. The Kier molecular flexibility index (Phi) is 2.67. The third-order valence-electron chi connectivity index (χ3n) is 4.09. The fraction of sp³-hybridized carbons (Fsp3) is 0.312. The minimum atomic E-state index is 0.823. The zero-order chi connectivity index (χ0) is 14.4. The van der Waals surface area contributed by atoms with Gasteiger partial charge in [0, 0.05) is 24.6 Å². The Labute approximate surface area is 123 Å². The van der Waals surface area contributed by atoms with E-state index in [1.807, 2.05) is 23.7 Å². The van der Waals surface area contributed by atoms with Crippen molar-refractivity contribution in [3.05, 3.63) is 47.5 Å². The summed E-state index contributed by atoms with van der Waals surface area (Å²) in [5.41, 5.74) is 4.76. The number of rotatable bonds is 1. The quantitative estimate of drug-likeness (QED) is 0.687. The lowest BCUT2D eigenvalue weighted by Gasteiger charge is -2.30. The molecular weight excluding hydrogens is 262 g/mol. The van der Waals surface area contributed by atoms with Crippen molar-refractivity contribution in [1.29, 1.82) is 0 Å². The van der Waals surface area contributed by atoms with Crippen molar-refractivity contribution in [1.82, 2.24) is 19.6 Å². The van der Waals surface area contributed by atoms with Gasteiger partial charge in [-0.05, 0) is 38.3 Å². The first-order chi connectivity index (χ1) is 10.2. The number of aryl methyl sites for hydroxylation is 3. The van der Waals surface area contributed by atoms with Crippen LogP contribution >= 0.6 is 0 Å². The zero-order valence-electron chi connectivity index (χ0n) is 12.2. The summed E-state index contributed by atoms with van der Waals surface area (Å²) in [5.74, 6) is 1.78. The highest BCUT2D eigenvalue weighted by atomic mass is 15.3. The molecule has 0 fully saturated rings. The molecule has 0 unspecified atom stereocenters. The van der Waals surface area contributed by atoms with E-state index >= 15 is 0 Å². The standard InChI is InChI=1S/C16H17N5/c1-11-5-6-14-13(10-11)4-3-8-21(14)15-16-19-18-12(2)20(16)9-7-17-15/h5-7,9-10H,3-4,8H2,1-2H3. The van der Waals surface area contributed by atoms with E-state index in [0.717, 1.165) is 36.7 Å². The molecule has 0 amide bonds. The highest BCUT2D eigenvalue weighted by Crippen LogP contribution is 2.34. The highest BCUT2D eigenvalue weighted by molar-refractivity contribution is 5.74. The Balaban J connectivity index is 1.91. The van der Waals surface area contributed by atoms with Gasteiger partial charge in [-0.25, -0.2) is 4.98 Å². The summed E-state index contributed by atoms with van der Waals surface area (Å²) < 4.78 is 1.99. The second-order valence-corrected chi connectivity index (χ2v) is 5.58. The number of nitrogens with zero attached hydrogens (tertiary/aromatic N) is 5. The van der Waals surface area contributed by atoms with Crippen molar-refractivity contribution >= 4 is 17.2 Å². The largest absolute Gasteiger partial charge is 0.323 e. The SMILES string of the molecule is Cc1ccc2c(c1)CCCN2c1nccn2c(C)nnc12. The molecule has 0 bridgehead atoms. The smallest absolute Gasteiger partial charge is 0.204 e.